The molecule has 3 aromatic rings. The van der Waals surface area contributed by atoms with Crippen LogP contribution in [0.4, 0.5) is 4.39 Å². The van der Waals surface area contributed by atoms with Gasteiger partial charge in [0.2, 0.25) is 5.95 Å². The summed E-state index contributed by atoms with van der Waals surface area (Å²) in [6.45, 7) is 0.656. The maximum Gasteiger partial charge on any atom is 0.329 e. The van der Waals surface area contributed by atoms with Gasteiger partial charge in [-0.15, -0.1) is 0 Å². The van der Waals surface area contributed by atoms with Gasteiger partial charge in [-0.3, -0.25) is 4.79 Å². The molecule has 8 heteroatoms. The lowest BCUT2D eigenvalue weighted by Gasteiger charge is -2.28. The molecule has 0 unspecified atom stereocenters. The molecule has 0 bridgehead atoms. The number of halogens is 1. The van der Waals surface area contributed by atoms with Crippen molar-refractivity contribution in [2.24, 2.45) is 11.8 Å². The van der Waals surface area contributed by atoms with Crippen LogP contribution in [0.25, 0.3) is 22.4 Å². The topological polar surface area (TPSA) is 94.3 Å². The summed E-state index contributed by atoms with van der Waals surface area (Å²) in [5, 5.41) is 13.4. The zero-order valence-electron chi connectivity index (χ0n) is 18.2. The highest BCUT2D eigenvalue weighted by Crippen LogP contribution is 2.32. The highest BCUT2D eigenvalue weighted by molar-refractivity contribution is 5.80. The molecule has 1 aliphatic rings. The highest BCUT2D eigenvalue weighted by Gasteiger charge is 2.23. The van der Waals surface area contributed by atoms with E-state index in [0.717, 1.165) is 31.2 Å². The molecule has 0 radical (unpaired) electrons. The third-order valence-electron chi connectivity index (χ3n) is 6.07. The van der Waals surface area contributed by atoms with Gasteiger partial charge in [-0.2, -0.15) is 9.49 Å². The minimum absolute atomic E-state index is 0.245. The summed E-state index contributed by atoms with van der Waals surface area (Å²) >= 11 is 0. The first-order valence-corrected chi connectivity index (χ1v) is 11.1. The number of aromatic nitrogens is 3. The highest BCUT2D eigenvalue weighted by atomic mass is 19.1. The number of aliphatic carboxylic acids is 1. The van der Waals surface area contributed by atoms with E-state index in [4.69, 9.17) is 9.84 Å². The number of nitrogens with zero attached hydrogens (tertiary/aromatic N) is 3. The molecule has 7 nitrogen and oxygen atoms in total. The van der Waals surface area contributed by atoms with E-state index >= 15 is 0 Å². The lowest BCUT2D eigenvalue weighted by molar-refractivity contribution is -0.142. The fourth-order valence-electron chi connectivity index (χ4n) is 4.36. The fourth-order valence-corrected chi connectivity index (χ4v) is 4.36. The standard InChI is InChI=1S/C25H26FN3O4/c26-25-20(7-4-12-27-25)21-13-22(30)29(28-24(21)19-5-2-1-3-6-19)14-17-8-10-18(11-9-17)15-33-16-23(31)32/h1-7,12-13,17-18H,8-11,14-16H2,(H,31,32). The van der Waals surface area contributed by atoms with E-state index in [9.17, 15) is 14.0 Å². The van der Waals surface area contributed by atoms with E-state index in [1.807, 2.05) is 30.3 Å². The van der Waals surface area contributed by atoms with Gasteiger partial charge in [-0.1, -0.05) is 30.3 Å². The number of hydrogen-bond acceptors (Lipinski definition) is 5. The first-order chi connectivity index (χ1) is 16.0. The molecule has 1 aliphatic carbocycles. The number of ether oxygens (including phenoxy) is 1. The molecule has 0 atom stereocenters. The third-order valence-corrected chi connectivity index (χ3v) is 6.07. The van der Waals surface area contributed by atoms with Crippen molar-refractivity contribution in [2.75, 3.05) is 13.2 Å². The minimum Gasteiger partial charge on any atom is -0.480 e. The average molecular weight is 451 g/mol. The Labute approximate surface area is 190 Å². The molecule has 0 aliphatic heterocycles. The quantitative estimate of drug-likeness (QED) is 0.520. The number of rotatable bonds is 8. The van der Waals surface area contributed by atoms with E-state index in [2.05, 4.69) is 10.1 Å². The van der Waals surface area contributed by atoms with Crippen LogP contribution in [0.1, 0.15) is 25.7 Å². The van der Waals surface area contributed by atoms with Gasteiger partial charge in [0.1, 0.15) is 6.61 Å². The second-order valence-electron chi connectivity index (χ2n) is 8.43. The number of benzene rings is 1. The van der Waals surface area contributed by atoms with Crippen molar-refractivity contribution in [1.82, 2.24) is 14.8 Å². The SMILES string of the molecule is O=C(O)COCC1CCC(Cn2nc(-c3ccccc3)c(-c3cccnc3F)cc2=O)CC1. The number of carboxylic acid groups (broad SMARTS) is 1. The summed E-state index contributed by atoms with van der Waals surface area (Å²) < 4.78 is 21.2. The van der Waals surface area contributed by atoms with Crippen molar-refractivity contribution in [3.8, 4) is 22.4 Å². The van der Waals surface area contributed by atoms with Crippen LogP contribution in [-0.4, -0.2) is 39.1 Å². The normalized spacial score (nSPS) is 18.2. The van der Waals surface area contributed by atoms with Gasteiger partial charge in [0.05, 0.1) is 12.3 Å². The average Bonchev–Trinajstić information content (AvgIpc) is 2.82. The van der Waals surface area contributed by atoms with Crippen LogP contribution in [0.3, 0.4) is 0 Å². The van der Waals surface area contributed by atoms with Crippen LogP contribution < -0.4 is 5.56 Å². The first-order valence-electron chi connectivity index (χ1n) is 11.1. The second-order valence-corrected chi connectivity index (χ2v) is 8.43. The molecule has 1 aromatic carbocycles. The monoisotopic (exact) mass is 451 g/mol. The maximum absolute atomic E-state index is 14.5. The first kappa shape index (κ1) is 22.8. The van der Waals surface area contributed by atoms with E-state index < -0.39 is 11.9 Å². The Morgan fingerprint density at radius 3 is 2.48 bits per heavy atom. The Morgan fingerprint density at radius 2 is 1.79 bits per heavy atom. The van der Waals surface area contributed by atoms with Crippen LogP contribution in [-0.2, 0) is 16.1 Å². The Morgan fingerprint density at radius 1 is 1.06 bits per heavy atom. The predicted octanol–water partition coefficient (Wildman–Crippen LogP) is 4.02. The van der Waals surface area contributed by atoms with E-state index in [1.165, 1.54) is 16.9 Å². The third kappa shape index (κ3) is 5.70. The Hall–Kier alpha value is -3.39. The molecule has 1 N–H and O–H groups in total. The minimum atomic E-state index is -0.960. The molecule has 33 heavy (non-hydrogen) atoms. The lowest BCUT2D eigenvalue weighted by Crippen LogP contribution is -2.29. The zero-order chi connectivity index (χ0) is 23.2. The molecular weight excluding hydrogens is 425 g/mol. The Kier molecular flexibility index (Phi) is 7.24. The van der Waals surface area contributed by atoms with E-state index in [-0.39, 0.29) is 23.6 Å². The van der Waals surface area contributed by atoms with Gasteiger partial charge in [0.25, 0.3) is 5.56 Å². The number of pyridine rings is 1. The molecule has 0 spiro atoms. The summed E-state index contributed by atoms with van der Waals surface area (Å²) in [6, 6.07) is 14.1. The fraction of sp³-hybridized carbons (Fsp3) is 0.360. The van der Waals surface area contributed by atoms with Gasteiger partial charge in [-0.05, 0) is 49.7 Å². The van der Waals surface area contributed by atoms with Crippen LogP contribution in [0.15, 0.2) is 59.5 Å². The number of carbonyl (C=O) groups is 1. The summed E-state index contributed by atoms with van der Waals surface area (Å²) in [4.78, 5) is 27.3. The molecule has 172 valence electrons. The molecule has 0 amide bonds. The van der Waals surface area contributed by atoms with E-state index in [1.54, 1.807) is 12.1 Å². The molecule has 4 rings (SSSR count). The van der Waals surface area contributed by atoms with Gasteiger partial charge < -0.3 is 9.84 Å². The van der Waals surface area contributed by atoms with Crippen molar-refractivity contribution in [1.29, 1.82) is 0 Å². The predicted molar refractivity (Wildman–Crippen MR) is 121 cm³/mol. The van der Waals surface area contributed by atoms with Crippen molar-refractivity contribution < 1.29 is 19.0 Å². The van der Waals surface area contributed by atoms with Crippen LogP contribution in [0, 0.1) is 17.8 Å². The Bertz CT molecular complexity index is 1160. The molecule has 0 saturated heterocycles. The largest absolute Gasteiger partial charge is 0.480 e. The molecular formula is C25H26FN3O4. The van der Waals surface area contributed by atoms with E-state index in [0.29, 0.717) is 30.3 Å². The smallest absolute Gasteiger partial charge is 0.329 e. The molecule has 2 aromatic heterocycles. The summed E-state index contributed by atoms with van der Waals surface area (Å²) in [5.74, 6) is -0.980. The number of carboxylic acids is 1. The van der Waals surface area contributed by atoms with Gasteiger partial charge in [0, 0.05) is 35.5 Å². The van der Waals surface area contributed by atoms with Crippen LogP contribution >= 0.6 is 0 Å². The summed E-state index contributed by atoms with van der Waals surface area (Å²) in [7, 11) is 0. The zero-order valence-corrected chi connectivity index (χ0v) is 18.2. The van der Waals surface area contributed by atoms with Crippen LogP contribution in [0.2, 0.25) is 0 Å². The second kappa shape index (κ2) is 10.5. The summed E-state index contributed by atoms with van der Waals surface area (Å²) in [5.41, 5.74) is 1.73. The molecule has 2 heterocycles. The van der Waals surface area contributed by atoms with Crippen LogP contribution in [0.5, 0.6) is 0 Å². The van der Waals surface area contributed by atoms with Crippen molar-refractivity contribution >= 4 is 5.97 Å². The van der Waals surface area contributed by atoms with Crippen molar-refractivity contribution in [2.45, 2.75) is 32.2 Å². The van der Waals surface area contributed by atoms with Gasteiger partial charge in [0.15, 0.2) is 0 Å². The molecule has 1 fully saturated rings. The number of hydrogen-bond donors (Lipinski definition) is 1. The molecule has 1 saturated carbocycles. The van der Waals surface area contributed by atoms with Crippen molar-refractivity contribution in [3.63, 3.8) is 0 Å². The lowest BCUT2D eigenvalue weighted by atomic mass is 9.82. The Balaban J connectivity index is 1.55. The summed E-state index contributed by atoms with van der Waals surface area (Å²) in [6.07, 6.45) is 5.04. The van der Waals surface area contributed by atoms with Gasteiger partial charge in [-0.25, -0.2) is 14.5 Å². The van der Waals surface area contributed by atoms with Gasteiger partial charge >= 0.3 is 5.97 Å². The maximum atomic E-state index is 14.5. The van der Waals surface area contributed by atoms with Crippen molar-refractivity contribution in [3.05, 3.63) is 71.0 Å².